The summed E-state index contributed by atoms with van der Waals surface area (Å²) in [6, 6.07) is 1.50. The van der Waals surface area contributed by atoms with Crippen LogP contribution in [0.3, 0.4) is 0 Å². The summed E-state index contributed by atoms with van der Waals surface area (Å²) >= 11 is 5.54. The van der Waals surface area contributed by atoms with Gasteiger partial charge in [0.1, 0.15) is 5.88 Å². The van der Waals surface area contributed by atoms with Gasteiger partial charge in [-0.1, -0.05) is 0 Å². The van der Waals surface area contributed by atoms with Crippen molar-refractivity contribution in [2.24, 2.45) is 0 Å². The Morgan fingerprint density at radius 2 is 1.80 bits per heavy atom. The number of nitrogens with zero attached hydrogens (tertiary/aromatic N) is 2. The Morgan fingerprint density at radius 3 is 2.27 bits per heavy atom. The number of alkyl halides is 1. The quantitative estimate of drug-likeness (QED) is 0.683. The van der Waals surface area contributed by atoms with E-state index in [2.05, 4.69) is 11.9 Å². The van der Waals surface area contributed by atoms with Gasteiger partial charge < -0.3 is 9.80 Å². The van der Waals surface area contributed by atoms with Crippen LogP contribution in [0, 0.1) is 0 Å². The van der Waals surface area contributed by atoms with Crippen molar-refractivity contribution in [3.8, 4) is 0 Å². The molecule has 1 heterocycles. The summed E-state index contributed by atoms with van der Waals surface area (Å²) in [4.78, 5) is 15.8. The number of rotatable bonds is 3. The van der Waals surface area contributed by atoms with E-state index in [0.717, 1.165) is 32.0 Å². The zero-order chi connectivity index (χ0) is 10.8. The van der Waals surface area contributed by atoms with Crippen LogP contribution in [-0.4, -0.2) is 53.8 Å². The Morgan fingerprint density at radius 1 is 1.27 bits per heavy atom. The van der Waals surface area contributed by atoms with E-state index in [9.17, 15) is 4.79 Å². The van der Waals surface area contributed by atoms with Crippen LogP contribution in [0.1, 0.15) is 25.7 Å². The third kappa shape index (κ3) is 2.64. The van der Waals surface area contributed by atoms with E-state index in [-0.39, 0.29) is 11.8 Å². The molecule has 2 aliphatic rings. The molecule has 4 heteroatoms. The highest BCUT2D eigenvalue weighted by molar-refractivity contribution is 6.27. The zero-order valence-electron chi connectivity index (χ0n) is 9.29. The van der Waals surface area contributed by atoms with E-state index < -0.39 is 0 Å². The molecule has 1 saturated heterocycles. The Bertz CT molecular complexity index is 235. The largest absolute Gasteiger partial charge is 0.342 e. The highest BCUT2D eigenvalue weighted by Gasteiger charge is 2.33. The Kier molecular flexibility index (Phi) is 3.52. The van der Waals surface area contributed by atoms with Crippen molar-refractivity contribution in [1.82, 2.24) is 9.80 Å². The molecule has 0 radical (unpaired) electrons. The van der Waals surface area contributed by atoms with Crippen molar-refractivity contribution in [1.29, 1.82) is 0 Å². The predicted molar refractivity (Wildman–Crippen MR) is 61.1 cm³/mol. The lowest BCUT2D eigenvalue weighted by atomic mass is 10.0. The van der Waals surface area contributed by atoms with Crippen LogP contribution in [0.4, 0.5) is 0 Å². The summed E-state index contributed by atoms with van der Waals surface area (Å²) in [5.74, 6) is 0.215. The van der Waals surface area contributed by atoms with Gasteiger partial charge >= 0.3 is 0 Å². The van der Waals surface area contributed by atoms with Gasteiger partial charge in [-0.3, -0.25) is 4.79 Å². The zero-order valence-corrected chi connectivity index (χ0v) is 10.0. The number of hydrogen-bond acceptors (Lipinski definition) is 2. The van der Waals surface area contributed by atoms with Crippen LogP contribution >= 0.6 is 11.6 Å². The molecule has 1 aliphatic heterocycles. The van der Waals surface area contributed by atoms with E-state index in [4.69, 9.17) is 11.6 Å². The van der Waals surface area contributed by atoms with E-state index in [1.807, 2.05) is 4.90 Å². The first-order valence-corrected chi connectivity index (χ1v) is 6.31. The fourth-order valence-electron chi connectivity index (χ4n) is 2.39. The van der Waals surface area contributed by atoms with Crippen molar-refractivity contribution in [2.75, 3.05) is 26.0 Å². The minimum absolute atomic E-state index is 0.0872. The standard InChI is InChI=1S/C11H19ClN2O/c1-13(9-2-3-9)10-4-6-14(7-5-10)11(15)8-12/h9-10H,2-8H2,1H3. The highest BCUT2D eigenvalue weighted by atomic mass is 35.5. The van der Waals surface area contributed by atoms with Crippen molar-refractivity contribution in [3.63, 3.8) is 0 Å². The molecular formula is C11H19ClN2O. The minimum atomic E-state index is 0.0872. The lowest BCUT2D eigenvalue weighted by molar-refractivity contribution is -0.130. The van der Waals surface area contributed by atoms with Crippen LogP contribution in [0.25, 0.3) is 0 Å². The molecule has 1 saturated carbocycles. The van der Waals surface area contributed by atoms with Crippen LogP contribution in [0.2, 0.25) is 0 Å². The number of hydrogen-bond donors (Lipinski definition) is 0. The molecule has 0 aromatic heterocycles. The van der Waals surface area contributed by atoms with Crippen molar-refractivity contribution in [2.45, 2.75) is 37.8 Å². The van der Waals surface area contributed by atoms with Crippen molar-refractivity contribution >= 4 is 17.5 Å². The predicted octanol–water partition coefficient (Wildman–Crippen LogP) is 1.31. The fourth-order valence-corrected chi connectivity index (χ4v) is 2.56. The molecule has 1 amide bonds. The first-order valence-electron chi connectivity index (χ1n) is 5.78. The molecule has 2 rings (SSSR count). The molecule has 3 nitrogen and oxygen atoms in total. The van der Waals surface area contributed by atoms with Gasteiger partial charge in [-0.15, -0.1) is 11.6 Å². The summed E-state index contributed by atoms with van der Waals surface area (Å²) < 4.78 is 0. The number of carbonyl (C=O) groups is 1. The Balaban J connectivity index is 1.78. The smallest absolute Gasteiger partial charge is 0.237 e. The number of amides is 1. The first kappa shape index (κ1) is 11.2. The van der Waals surface area contributed by atoms with Gasteiger partial charge in [0.25, 0.3) is 0 Å². The second-order valence-electron chi connectivity index (χ2n) is 4.64. The maximum Gasteiger partial charge on any atom is 0.237 e. The van der Waals surface area contributed by atoms with Gasteiger partial charge in [-0.2, -0.15) is 0 Å². The molecule has 0 aromatic carbocycles. The molecule has 86 valence electrons. The van der Waals surface area contributed by atoms with Crippen LogP contribution in [0.15, 0.2) is 0 Å². The van der Waals surface area contributed by atoms with Crippen LogP contribution in [0.5, 0.6) is 0 Å². The van der Waals surface area contributed by atoms with Crippen molar-refractivity contribution in [3.05, 3.63) is 0 Å². The molecule has 0 unspecified atom stereocenters. The third-order valence-electron chi connectivity index (χ3n) is 3.63. The SMILES string of the molecule is CN(C1CC1)C1CCN(C(=O)CCl)CC1. The van der Waals surface area contributed by atoms with E-state index in [1.54, 1.807) is 0 Å². The summed E-state index contributed by atoms with van der Waals surface area (Å²) in [7, 11) is 2.22. The lowest BCUT2D eigenvalue weighted by Gasteiger charge is -2.36. The van der Waals surface area contributed by atoms with Gasteiger partial charge in [-0.25, -0.2) is 0 Å². The number of piperidine rings is 1. The maximum atomic E-state index is 11.4. The molecule has 0 spiro atoms. The van der Waals surface area contributed by atoms with Gasteiger partial charge in [0.15, 0.2) is 0 Å². The summed E-state index contributed by atoms with van der Waals surface area (Å²) in [5.41, 5.74) is 0. The molecular weight excluding hydrogens is 212 g/mol. The normalized spacial score (nSPS) is 23.5. The van der Waals surface area contributed by atoms with E-state index in [1.165, 1.54) is 12.8 Å². The molecule has 0 bridgehead atoms. The fraction of sp³-hybridized carbons (Fsp3) is 0.909. The van der Waals surface area contributed by atoms with Gasteiger partial charge in [-0.05, 0) is 32.7 Å². The Labute approximate surface area is 96.4 Å². The van der Waals surface area contributed by atoms with E-state index >= 15 is 0 Å². The molecule has 0 N–H and O–H groups in total. The number of carbonyl (C=O) groups excluding carboxylic acids is 1. The van der Waals surface area contributed by atoms with Gasteiger partial charge in [0, 0.05) is 25.2 Å². The summed E-state index contributed by atoms with van der Waals surface area (Å²) in [5, 5.41) is 0. The van der Waals surface area contributed by atoms with Gasteiger partial charge in [0.05, 0.1) is 0 Å². The van der Waals surface area contributed by atoms with E-state index in [0.29, 0.717) is 6.04 Å². The molecule has 0 aromatic rings. The Hall–Kier alpha value is -0.280. The monoisotopic (exact) mass is 230 g/mol. The summed E-state index contributed by atoms with van der Waals surface area (Å²) in [6.45, 7) is 1.76. The van der Waals surface area contributed by atoms with Crippen LogP contribution < -0.4 is 0 Å². The first-order chi connectivity index (χ1) is 7.22. The second-order valence-corrected chi connectivity index (χ2v) is 4.91. The van der Waals surface area contributed by atoms with Crippen molar-refractivity contribution < 1.29 is 4.79 Å². The van der Waals surface area contributed by atoms with Crippen LogP contribution in [-0.2, 0) is 4.79 Å². The van der Waals surface area contributed by atoms with Gasteiger partial charge in [0.2, 0.25) is 5.91 Å². The topological polar surface area (TPSA) is 23.6 Å². The molecule has 15 heavy (non-hydrogen) atoms. The minimum Gasteiger partial charge on any atom is -0.342 e. The average Bonchev–Trinajstić information content (AvgIpc) is 3.11. The molecule has 1 aliphatic carbocycles. The third-order valence-corrected chi connectivity index (χ3v) is 3.86. The number of halogens is 1. The summed E-state index contributed by atoms with van der Waals surface area (Å²) in [6.07, 6.45) is 4.93. The lowest BCUT2D eigenvalue weighted by Crippen LogP contribution is -2.46. The maximum absolute atomic E-state index is 11.4. The highest BCUT2D eigenvalue weighted by Crippen LogP contribution is 2.30. The average molecular weight is 231 g/mol. The second kappa shape index (κ2) is 4.71. The number of likely N-dealkylation sites (tertiary alicyclic amines) is 1. The molecule has 0 atom stereocenters. The molecule has 2 fully saturated rings.